The summed E-state index contributed by atoms with van der Waals surface area (Å²) in [6.07, 6.45) is 0. The van der Waals surface area contributed by atoms with Gasteiger partial charge in [-0.05, 0) is 6.55 Å². The Balaban J connectivity index is 3.02. The maximum atomic E-state index is 7.08. The van der Waals surface area contributed by atoms with Gasteiger partial charge in [-0.25, -0.2) is 0 Å². The summed E-state index contributed by atoms with van der Waals surface area (Å²) >= 11 is 0. The molecule has 0 spiro atoms. The van der Waals surface area contributed by atoms with Crippen molar-refractivity contribution in [1.82, 2.24) is 0 Å². The molecule has 0 N–H and O–H groups in total. The third-order valence-corrected chi connectivity index (χ3v) is 0. The van der Waals surface area contributed by atoms with Gasteiger partial charge in [-0.3, -0.25) is 0 Å². The van der Waals surface area contributed by atoms with E-state index in [9.17, 15) is 0 Å². The minimum absolute atomic E-state index is 1.36. The van der Waals surface area contributed by atoms with Crippen LogP contribution >= 0.6 is 0 Å². The Morgan fingerprint density at radius 3 is 1.20 bits per heavy atom. The molecule has 3 radical (unpaired) electrons. The van der Waals surface area contributed by atoms with Gasteiger partial charge in [0.05, 0.1) is 8.07 Å². The highest BCUT2D eigenvalue weighted by atomic mass is 28.3. The molecule has 0 saturated carbocycles. The van der Waals surface area contributed by atoms with Crippen LogP contribution in [0, 0.1) is 6.55 Å². The topological polar surface area (TPSA) is 0 Å². The normalized spacial score (nSPS) is 12.0. The van der Waals surface area contributed by atoms with E-state index in [2.05, 4.69) is 0 Å². The summed E-state index contributed by atoms with van der Waals surface area (Å²) in [7, 11) is -1.36. The molecule has 0 nitrogen and oxygen atoms in total. The fraction of sp³-hybridized carbons (Fsp3) is 0.750. The largest absolute Gasteiger partial charge is 0.0691 e. The summed E-state index contributed by atoms with van der Waals surface area (Å²) in [6, 6.07) is 0. The summed E-state index contributed by atoms with van der Waals surface area (Å²) in [5.41, 5.74) is 0. The SMILES string of the molecule is [C][Si](C)(C)C. The van der Waals surface area contributed by atoms with Gasteiger partial charge in [0.15, 0.2) is 0 Å². The first kappa shape index (κ1) is 5.22. The quantitative estimate of drug-likeness (QED) is 0.390. The highest BCUT2D eigenvalue weighted by Crippen LogP contribution is 1.92. The first-order chi connectivity index (χ1) is 2.00. The smallest absolute Gasteiger partial charge is 0.0516 e. The van der Waals surface area contributed by atoms with E-state index in [1.54, 1.807) is 0 Å². The molecule has 5 heavy (non-hydrogen) atoms. The molecular formula is C4H9Si. The van der Waals surface area contributed by atoms with Gasteiger partial charge in [0, 0.05) is 0 Å². The average Bonchev–Trinajstić information content (AvgIpc) is 0.722. The highest BCUT2D eigenvalue weighted by Gasteiger charge is 2.00. The molecule has 0 fully saturated rings. The molecule has 0 aromatic rings. The lowest BCUT2D eigenvalue weighted by atomic mass is 11.8. The van der Waals surface area contributed by atoms with E-state index in [0.717, 1.165) is 0 Å². The third kappa shape index (κ3) is 441. The van der Waals surface area contributed by atoms with Crippen molar-refractivity contribution >= 4 is 8.07 Å². The summed E-state index contributed by atoms with van der Waals surface area (Å²) in [5, 5.41) is 0. The monoisotopic (exact) mass is 85.0 g/mol. The van der Waals surface area contributed by atoms with Crippen molar-refractivity contribution in [3.05, 3.63) is 6.55 Å². The summed E-state index contributed by atoms with van der Waals surface area (Å²) < 4.78 is 0. The zero-order valence-electron chi connectivity index (χ0n) is 4.00. The van der Waals surface area contributed by atoms with Crippen LogP contribution in [0.2, 0.25) is 19.6 Å². The van der Waals surface area contributed by atoms with Crippen molar-refractivity contribution in [2.75, 3.05) is 0 Å². The minimum atomic E-state index is -1.36. The lowest BCUT2D eigenvalue weighted by Gasteiger charge is -2.00. The number of hydrogen-bond donors (Lipinski definition) is 0. The standard InChI is InChI=1S/C4H9Si/c1-5(2,3)4/h1-3H3. The van der Waals surface area contributed by atoms with Crippen LogP contribution < -0.4 is 0 Å². The van der Waals surface area contributed by atoms with Crippen LogP contribution in [0.1, 0.15) is 0 Å². The predicted octanol–water partition coefficient (Wildman–Crippen LogP) is 1.45. The highest BCUT2D eigenvalue weighted by molar-refractivity contribution is 6.77. The summed E-state index contributed by atoms with van der Waals surface area (Å²) in [4.78, 5) is 0. The molecule has 0 heterocycles. The van der Waals surface area contributed by atoms with Crippen LogP contribution in [0.5, 0.6) is 0 Å². The van der Waals surface area contributed by atoms with Crippen molar-refractivity contribution in [1.29, 1.82) is 0 Å². The minimum Gasteiger partial charge on any atom is -0.0691 e. The second-order valence-corrected chi connectivity index (χ2v) is 6.75. The van der Waals surface area contributed by atoms with Crippen LogP contribution in [0.3, 0.4) is 0 Å². The fourth-order valence-corrected chi connectivity index (χ4v) is 0. The van der Waals surface area contributed by atoms with Crippen molar-refractivity contribution in [3.8, 4) is 0 Å². The second-order valence-electron chi connectivity index (χ2n) is 2.25. The first-order valence-corrected chi connectivity index (χ1v) is 5.25. The van der Waals surface area contributed by atoms with E-state index in [0.29, 0.717) is 0 Å². The maximum Gasteiger partial charge on any atom is 0.0516 e. The lowest BCUT2D eigenvalue weighted by Crippen LogP contribution is -2.12. The Hall–Kier alpha value is 0.217. The molecule has 29 valence electrons. The Morgan fingerprint density at radius 2 is 1.20 bits per heavy atom. The van der Waals surface area contributed by atoms with Crippen LogP contribution in [-0.2, 0) is 0 Å². The van der Waals surface area contributed by atoms with Crippen LogP contribution in [-0.4, -0.2) is 8.07 Å². The van der Waals surface area contributed by atoms with Gasteiger partial charge in [-0.15, -0.1) is 0 Å². The number of hydrogen-bond acceptors (Lipinski definition) is 0. The third-order valence-electron chi connectivity index (χ3n) is 0. The summed E-state index contributed by atoms with van der Waals surface area (Å²) in [6.45, 7) is 13.1. The van der Waals surface area contributed by atoms with E-state index < -0.39 is 8.07 Å². The van der Waals surface area contributed by atoms with Gasteiger partial charge in [0.25, 0.3) is 0 Å². The molecule has 0 aliphatic carbocycles. The molecule has 1 heteroatoms. The average molecular weight is 85.2 g/mol. The van der Waals surface area contributed by atoms with Crippen molar-refractivity contribution < 1.29 is 0 Å². The Labute approximate surface area is 35.2 Å². The lowest BCUT2D eigenvalue weighted by molar-refractivity contribution is 1.78. The van der Waals surface area contributed by atoms with Gasteiger partial charge >= 0.3 is 0 Å². The molecule has 0 rings (SSSR count). The van der Waals surface area contributed by atoms with E-state index >= 15 is 0 Å². The van der Waals surface area contributed by atoms with Crippen LogP contribution in [0.15, 0.2) is 0 Å². The van der Waals surface area contributed by atoms with Crippen LogP contribution in [0.4, 0.5) is 0 Å². The number of rotatable bonds is 0. The van der Waals surface area contributed by atoms with Gasteiger partial charge in [0.2, 0.25) is 0 Å². The van der Waals surface area contributed by atoms with E-state index in [1.165, 1.54) is 0 Å². The van der Waals surface area contributed by atoms with Crippen molar-refractivity contribution in [2.45, 2.75) is 19.6 Å². The van der Waals surface area contributed by atoms with Gasteiger partial charge in [0.1, 0.15) is 0 Å². The van der Waals surface area contributed by atoms with E-state index in [-0.39, 0.29) is 0 Å². The zero-order valence-corrected chi connectivity index (χ0v) is 5.00. The van der Waals surface area contributed by atoms with Gasteiger partial charge in [-0.2, -0.15) is 0 Å². The molecule has 0 amide bonds. The molecule has 0 aliphatic heterocycles. The summed E-state index contributed by atoms with van der Waals surface area (Å²) in [5.74, 6) is 0. The fourth-order valence-electron chi connectivity index (χ4n) is 0. The van der Waals surface area contributed by atoms with E-state index in [4.69, 9.17) is 6.55 Å². The Kier molecular flexibility index (Phi) is 1.18. The first-order valence-electron chi connectivity index (χ1n) is 1.75. The Morgan fingerprint density at radius 1 is 1.20 bits per heavy atom. The van der Waals surface area contributed by atoms with Crippen molar-refractivity contribution in [3.63, 3.8) is 0 Å². The van der Waals surface area contributed by atoms with Crippen LogP contribution in [0.25, 0.3) is 0 Å². The maximum absolute atomic E-state index is 7.08. The molecule has 0 aromatic carbocycles. The van der Waals surface area contributed by atoms with Gasteiger partial charge in [-0.1, -0.05) is 19.6 Å². The second kappa shape index (κ2) is 1.13. The predicted molar refractivity (Wildman–Crippen MR) is 26.6 cm³/mol. The molecule has 0 bridgehead atoms. The van der Waals surface area contributed by atoms with Gasteiger partial charge < -0.3 is 0 Å². The molecule has 0 atom stereocenters. The Bertz CT molecular complexity index is 19.1. The molecule has 0 aliphatic rings. The molecule has 0 saturated heterocycles. The van der Waals surface area contributed by atoms with E-state index in [1.807, 2.05) is 19.6 Å². The zero-order chi connectivity index (χ0) is 4.50. The molecular weight excluding hydrogens is 76.1 g/mol. The van der Waals surface area contributed by atoms with Crippen molar-refractivity contribution in [2.24, 2.45) is 0 Å². The molecule has 0 aromatic heterocycles. The molecule has 0 unspecified atom stereocenters.